The maximum atomic E-state index is 2.39. The summed E-state index contributed by atoms with van der Waals surface area (Å²) in [4.78, 5) is 1.43. The summed E-state index contributed by atoms with van der Waals surface area (Å²) in [6.07, 6.45) is 9.03. The molecular weight excluding hydrogens is 332 g/mol. The van der Waals surface area contributed by atoms with E-state index in [1.807, 2.05) is 11.8 Å². The molecule has 2 aliphatic rings. The first-order chi connectivity index (χ1) is 12.8. The maximum Gasteiger partial charge on any atom is 0.0381 e. The Morgan fingerprint density at radius 3 is 2.19 bits per heavy atom. The van der Waals surface area contributed by atoms with E-state index in [0.717, 1.165) is 0 Å². The fourth-order valence-corrected chi connectivity index (χ4v) is 5.25. The molecule has 5 rings (SSSR count). The van der Waals surface area contributed by atoms with Crippen LogP contribution in [0.4, 0.5) is 0 Å². The molecule has 1 aliphatic carbocycles. The monoisotopic (exact) mass is 352 g/mol. The maximum absolute atomic E-state index is 2.39. The minimum Gasteiger partial charge on any atom is -0.117 e. The van der Waals surface area contributed by atoms with E-state index in [-0.39, 0.29) is 0 Å². The van der Waals surface area contributed by atoms with Crippen molar-refractivity contribution in [2.75, 3.05) is 0 Å². The summed E-state index contributed by atoms with van der Waals surface area (Å²) in [7, 11) is 0. The van der Waals surface area contributed by atoms with Gasteiger partial charge in [0, 0.05) is 16.1 Å². The van der Waals surface area contributed by atoms with Crippen LogP contribution in [0, 0.1) is 6.92 Å². The Hall–Kier alpha value is -2.51. The second-order valence-corrected chi connectivity index (χ2v) is 8.30. The van der Waals surface area contributed by atoms with E-state index >= 15 is 0 Å². The Morgan fingerprint density at radius 1 is 0.692 bits per heavy atom. The van der Waals surface area contributed by atoms with Crippen molar-refractivity contribution >= 4 is 11.8 Å². The largest absolute Gasteiger partial charge is 0.117 e. The average molecular weight is 353 g/mol. The molecular formula is C25H20S. The Balaban J connectivity index is 1.55. The van der Waals surface area contributed by atoms with Gasteiger partial charge in [0.25, 0.3) is 0 Å². The molecule has 0 saturated heterocycles. The van der Waals surface area contributed by atoms with Gasteiger partial charge in [0.15, 0.2) is 0 Å². The fourth-order valence-electron chi connectivity index (χ4n) is 3.93. The van der Waals surface area contributed by atoms with E-state index in [9.17, 15) is 0 Å². The van der Waals surface area contributed by atoms with E-state index in [2.05, 4.69) is 98.0 Å². The molecule has 0 spiro atoms. The van der Waals surface area contributed by atoms with Crippen LogP contribution in [0.3, 0.4) is 0 Å². The lowest BCUT2D eigenvalue weighted by Crippen LogP contribution is -2.06. The molecule has 2 atom stereocenters. The van der Waals surface area contributed by atoms with Gasteiger partial charge in [0.1, 0.15) is 0 Å². The van der Waals surface area contributed by atoms with E-state index < -0.39 is 0 Å². The molecule has 1 heteroatoms. The van der Waals surface area contributed by atoms with Crippen LogP contribution in [0.5, 0.6) is 0 Å². The third kappa shape index (κ3) is 2.73. The third-order valence-corrected chi connectivity index (χ3v) is 6.61. The van der Waals surface area contributed by atoms with Crippen molar-refractivity contribution in [1.29, 1.82) is 0 Å². The predicted molar refractivity (Wildman–Crippen MR) is 113 cm³/mol. The second kappa shape index (κ2) is 6.34. The SMILES string of the molecule is Cc1cccc(-c2cccc(-c3ccc4c(c3)C3C=CC=CC3S4)c2)c1. The number of fused-ring (bicyclic) bond motifs is 3. The highest BCUT2D eigenvalue weighted by atomic mass is 32.2. The van der Waals surface area contributed by atoms with Crippen molar-refractivity contribution in [3.8, 4) is 22.3 Å². The van der Waals surface area contributed by atoms with Gasteiger partial charge in [-0.05, 0) is 52.9 Å². The molecule has 3 aromatic carbocycles. The van der Waals surface area contributed by atoms with Gasteiger partial charge in [-0.1, -0.05) is 78.4 Å². The van der Waals surface area contributed by atoms with Crippen LogP contribution in [-0.4, -0.2) is 5.25 Å². The molecule has 2 unspecified atom stereocenters. The van der Waals surface area contributed by atoms with Crippen LogP contribution in [0.15, 0.2) is 95.9 Å². The van der Waals surface area contributed by atoms with Crippen LogP contribution in [-0.2, 0) is 0 Å². The molecule has 126 valence electrons. The van der Waals surface area contributed by atoms with Crippen LogP contribution >= 0.6 is 11.8 Å². The lowest BCUT2D eigenvalue weighted by atomic mass is 9.90. The normalized spacial score (nSPS) is 20.0. The lowest BCUT2D eigenvalue weighted by Gasteiger charge is -2.15. The zero-order valence-corrected chi connectivity index (χ0v) is 15.5. The van der Waals surface area contributed by atoms with Crippen LogP contribution < -0.4 is 0 Å². The van der Waals surface area contributed by atoms with Crippen molar-refractivity contribution < 1.29 is 0 Å². The fraction of sp³-hybridized carbons (Fsp3) is 0.120. The summed E-state index contributed by atoms with van der Waals surface area (Å²) < 4.78 is 0. The smallest absolute Gasteiger partial charge is 0.0381 e. The van der Waals surface area contributed by atoms with E-state index in [0.29, 0.717) is 11.2 Å². The van der Waals surface area contributed by atoms with Gasteiger partial charge in [-0.25, -0.2) is 0 Å². The summed E-state index contributed by atoms with van der Waals surface area (Å²) in [5.41, 5.74) is 7.92. The predicted octanol–water partition coefficient (Wildman–Crippen LogP) is 7.01. The topological polar surface area (TPSA) is 0 Å². The van der Waals surface area contributed by atoms with Crippen molar-refractivity contribution in [2.45, 2.75) is 23.0 Å². The molecule has 0 radical (unpaired) electrons. The highest BCUT2D eigenvalue weighted by Crippen LogP contribution is 2.49. The summed E-state index contributed by atoms with van der Waals surface area (Å²) in [5, 5.41) is 0.559. The van der Waals surface area contributed by atoms with Gasteiger partial charge in [-0.2, -0.15) is 0 Å². The first-order valence-corrected chi connectivity index (χ1v) is 9.99. The van der Waals surface area contributed by atoms with Gasteiger partial charge in [-0.15, -0.1) is 11.8 Å². The zero-order valence-electron chi connectivity index (χ0n) is 14.7. The molecule has 0 fully saturated rings. The Kier molecular flexibility index (Phi) is 3.83. The average Bonchev–Trinajstić information content (AvgIpc) is 3.06. The highest BCUT2D eigenvalue weighted by Gasteiger charge is 2.31. The molecule has 3 aromatic rings. The summed E-state index contributed by atoms with van der Waals surface area (Å²) in [5.74, 6) is 0.514. The Labute approximate surface area is 159 Å². The molecule has 0 saturated carbocycles. The number of hydrogen-bond donors (Lipinski definition) is 0. The molecule has 0 nitrogen and oxygen atoms in total. The quantitative estimate of drug-likeness (QED) is 0.478. The van der Waals surface area contributed by atoms with Crippen LogP contribution in [0.1, 0.15) is 17.0 Å². The molecule has 1 aliphatic heterocycles. The van der Waals surface area contributed by atoms with E-state index in [1.54, 1.807) is 0 Å². The molecule has 0 bridgehead atoms. The number of aryl methyl sites for hydroxylation is 1. The van der Waals surface area contributed by atoms with Crippen molar-refractivity contribution in [1.82, 2.24) is 0 Å². The van der Waals surface area contributed by atoms with Crippen molar-refractivity contribution in [3.63, 3.8) is 0 Å². The molecule has 0 amide bonds. The summed E-state index contributed by atoms with van der Waals surface area (Å²) >= 11 is 1.99. The molecule has 0 aromatic heterocycles. The van der Waals surface area contributed by atoms with Crippen LogP contribution in [0.25, 0.3) is 22.3 Å². The summed E-state index contributed by atoms with van der Waals surface area (Å²) in [6.45, 7) is 2.15. The lowest BCUT2D eigenvalue weighted by molar-refractivity contribution is 0.881. The summed E-state index contributed by atoms with van der Waals surface area (Å²) in [6, 6.07) is 24.6. The Morgan fingerprint density at radius 2 is 1.38 bits per heavy atom. The van der Waals surface area contributed by atoms with E-state index in [4.69, 9.17) is 0 Å². The minimum absolute atomic E-state index is 0.514. The number of hydrogen-bond acceptors (Lipinski definition) is 1. The van der Waals surface area contributed by atoms with Gasteiger partial charge >= 0.3 is 0 Å². The third-order valence-electron chi connectivity index (χ3n) is 5.26. The zero-order chi connectivity index (χ0) is 17.5. The van der Waals surface area contributed by atoms with Gasteiger partial charge in [-0.3, -0.25) is 0 Å². The minimum atomic E-state index is 0.514. The first kappa shape index (κ1) is 15.7. The molecule has 26 heavy (non-hydrogen) atoms. The number of thioether (sulfide) groups is 1. The van der Waals surface area contributed by atoms with Gasteiger partial charge in [0.2, 0.25) is 0 Å². The molecule has 0 N–H and O–H groups in total. The number of rotatable bonds is 2. The van der Waals surface area contributed by atoms with Crippen molar-refractivity contribution in [3.05, 3.63) is 102 Å². The second-order valence-electron chi connectivity index (χ2n) is 7.08. The molecule has 1 heterocycles. The Bertz CT molecular complexity index is 1040. The first-order valence-electron chi connectivity index (χ1n) is 9.11. The highest BCUT2D eigenvalue weighted by molar-refractivity contribution is 8.00. The number of benzene rings is 3. The number of allylic oxidation sites excluding steroid dienone is 3. The van der Waals surface area contributed by atoms with Gasteiger partial charge in [0.05, 0.1) is 0 Å². The standard InChI is InChI=1S/C25H20S/c1-17-6-4-7-18(14-17)19-8-5-9-20(15-19)21-12-13-25-23(16-21)22-10-2-3-11-24(22)26-25/h2-16,22,24H,1H3. The van der Waals surface area contributed by atoms with E-state index in [1.165, 1.54) is 38.3 Å². The van der Waals surface area contributed by atoms with Crippen molar-refractivity contribution in [2.24, 2.45) is 0 Å². The van der Waals surface area contributed by atoms with Crippen LogP contribution in [0.2, 0.25) is 0 Å². The van der Waals surface area contributed by atoms with Gasteiger partial charge < -0.3 is 0 Å².